The molecule has 0 aliphatic rings. The van der Waals surface area contributed by atoms with Gasteiger partial charge >= 0.3 is 0 Å². The van der Waals surface area contributed by atoms with Crippen LogP contribution < -0.4 is 10.1 Å². The smallest absolute Gasteiger partial charge is 0.242 e. The molecule has 0 aliphatic carbocycles. The van der Waals surface area contributed by atoms with Crippen LogP contribution in [0.15, 0.2) is 42.5 Å². The second kappa shape index (κ2) is 11.2. The summed E-state index contributed by atoms with van der Waals surface area (Å²) in [5.74, 6) is 0.332. The zero-order valence-corrected chi connectivity index (χ0v) is 19.3. The first-order valence-corrected chi connectivity index (χ1v) is 10.7. The van der Waals surface area contributed by atoms with Gasteiger partial charge in [0.15, 0.2) is 0 Å². The van der Waals surface area contributed by atoms with Gasteiger partial charge in [0.05, 0.1) is 23.6 Å². The molecular formula is C23H28Cl2N2O3. The van der Waals surface area contributed by atoms with Gasteiger partial charge in [0, 0.05) is 12.6 Å². The van der Waals surface area contributed by atoms with Crippen LogP contribution in [0.2, 0.25) is 10.0 Å². The van der Waals surface area contributed by atoms with Crippen molar-refractivity contribution in [2.24, 2.45) is 0 Å². The van der Waals surface area contributed by atoms with E-state index in [0.717, 1.165) is 17.5 Å². The summed E-state index contributed by atoms with van der Waals surface area (Å²) in [4.78, 5) is 27.5. The second-order valence-electron chi connectivity index (χ2n) is 7.29. The third-order valence-corrected chi connectivity index (χ3v) is 5.73. The molecule has 7 heteroatoms. The zero-order valence-electron chi connectivity index (χ0n) is 17.7. The molecule has 0 radical (unpaired) electrons. The van der Waals surface area contributed by atoms with Crippen molar-refractivity contribution in [1.29, 1.82) is 0 Å². The lowest BCUT2D eigenvalue weighted by Gasteiger charge is -2.30. The van der Waals surface area contributed by atoms with Crippen LogP contribution in [0.1, 0.15) is 38.3 Å². The fourth-order valence-electron chi connectivity index (χ4n) is 2.94. The summed E-state index contributed by atoms with van der Waals surface area (Å²) >= 11 is 12.1. The van der Waals surface area contributed by atoms with E-state index in [2.05, 4.69) is 5.32 Å². The fourth-order valence-corrected chi connectivity index (χ4v) is 3.26. The van der Waals surface area contributed by atoms with Gasteiger partial charge in [-0.15, -0.1) is 0 Å². The third kappa shape index (κ3) is 6.64. The summed E-state index contributed by atoms with van der Waals surface area (Å²) < 4.78 is 5.28. The molecule has 2 aromatic rings. The highest BCUT2D eigenvalue weighted by Crippen LogP contribution is 2.24. The van der Waals surface area contributed by atoms with Crippen molar-refractivity contribution in [2.75, 3.05) is 7.11 Å². The zero-order chi connectivity index (χ0) is 22.3. The molecule has 2 rings (SSSR count). The highest BCUT2D eigenvalue weighted by Gasteiger charge is 2.27. The molecule has 30 heavy (non-hydrogen) atoms. The van der Waals surface area contributed by atoms with E-state index in [9.17, 15) is 9.59 Å². The van der Waals surface area contributed by atoms with Crippen molar-refractivity contribution in [1.82, 2.24) is 10.2 Å². The number of hydrogen-bond acceptors (Lipinski definition) is 3. The summed E-state index contributed by atoms with van der Waals surface area (Å²) in [7, 11) is 1.59. The van der Waals surface area contributed by atoms with Gasteiger partial charge in [0.1, 0.15) is 11.8 Å². The van der Waals surface area contributed by atoms with E-state index < -0.39 is 6.04 Å². The first kappa shape index (κ1) is 24.0. The number of carbonyl (C=O) groups excluding carboxylic acids is 2. The van der Waals surface area contributed by atoms with Crippen molar-refractivity contribution in [3.05, 3.63) is 63.6 Å². The maximum Gasteiger partial charge on any atom is 0.242 e. The Bertz CT molecular complexity index is 889. The molecule has 0 aliphatic heterocycles. The molecule has 0 saturated heterocycles. The number of amides is 2. The van der Waals surface area contributed by atoms with Crippen LogP contribution in [0.5, 0.6) is 5.75 Å². The molecule has 0 spiro atoms. The predicted molar refractivity (Wildman–Crippen MR) is 121 cm³/mol. The molecule has 0 unspecified atom stereocenters. The molecule has 162 valence electrons. The predicted octanol–water partition coefficient (Wildman–Crippen LogP) is 4.88. The molecule has 5 nitrogen and oxygen atoms in total. The van der Waals surface area contributed by atoms with Crippen LogP contribution in [0.4, 0.5) is 0 Å². The largest absolute Gasteiger partial charge is 0.497 e. The van der Waals surface area contributed by atoms with Crippen molar-refractivity contribution >= 4 is 35.0 Å². The Morgan fingerprint density at radius 3 is 2.43 bits per heavy atom. The van der Waals surface area contributed by atoms with Gasteiger partial charge in [-0.05, 0) is 55.7 Å². The van der Waals surface area contributed by atoms with Crippen molar-refractivity contribution < 1.29 is 14.3 Å². The molecule has 0 fully saturated rings. The van der Waals surface area contributed by atoms with E-state index in [1.54, 1.807) is 37.1 Å². The Morgan fingerprint density at radius 1 is 1.07 bits per heavy atom. The SMILES string of the molecule is CC[C@@H](C)NC(=O)[C@H](C)N(Cc1cccc(OC)c1)C(=O)Cc1ccc(Cl)c(Cl)c1. The number of methoxy groups -OCH3 is 1. The van der Waals surface area contributed by atoms with Crippen molar-refractivity contribution in [3.63, 3.8) is 0 Å². The minimum atomic E-state index is -0.638. The third-order valence-electron chi connectivity index (χ3n) is 4.99. The number of benzene rings is 2. The Kier molecular flexibility index (Phi) is 9.00. The summed E-state index contributed by atoms with van der Waals surface area (Å²) in [6.45, 7) is 5.96. The fraction of sp³-hybridized carbons (Fsp3) is 0.391. The molecule has 0 aromatic heterocycles. The van der Waals surface area contributed by atoms with Crippen LogP contribution >= 0.6 is 23.2 Å². The molecule has 1 N–H and O–H groups in total. The van der Waals surface area contributed by atoms with Crippen LogP contribution in [-0.2, 0) is 22.6 Å². The number of ether oxygens (including phenoxy) is 1. The van der Waals surface area contributed by atoms with Crippen LogP contribution in [0, 0.1) is 0 Å². The molecule has 0 saturated carbocycles. The van der Waals surface area contributed by atoms with E-state index in [-0.39, 0.29) is 30.8 Å². The van der Waals surface area contributed by atoms with Gasteiger partial charge in [0.25, 0.3) is 0 Å². The standard InChI is InChI=1S/C23H28Cl2N2O3/c1-5-15(2)26-23(29)16(3)27(14-18-7-6-8-19(11-18)30-4)22(28)13-17-9-10-20(24)21(25)12-17/h6-12,15-16H,5,13-14H2,1-4H3,(H,26,29)/t15-,16+/m1/s1. The van der Waals surface area contributed by atoms with E-state index in [1.165, 1.54) is 0 Å². The summed E-state index contributed by atoms with van der Waals surface area (Å²) in [6, 6.07) is 12.0. The van der Waals surface area contributed by atoms with Crippen LogP contribution in [0.25, 0.3) is 0 Å². The lowest BCUT2D eigenvalue weighted by molar-refractivity contribution is -0.140. The van der Waals surface area contributed by atoms with Gasteiger partial charge < -0.3 is 15.0 Å². The maximum atomic E-state index is 13.2. The minimum absolute atomic E-state index is 0.0313. The average Bonchev–Trinajstić information content (AvgIpc) is 2.74. The van der Waals surface area contributed by atoms with E-state index in [4.69, 9.17) is 27.9 Å². The van der Waals surface area contributed by atoms with Gasteiger partial charge in [-0.25, -0.2) is 0 Å². The van der Waals surface area contributed by atoms with Crippen LogP contribution in [0.3, 0.4) is 0 Å². The van der Waals surface area contributed by atoms with Gasteiger partial charge in [-0.1, -0.05) is 48.3 Å². The van der Waals surface area contributed by atoms with Gasteiger partial charge in [0.2, 0.25) is 11.8 Å². The number of rotatable bonds is 9. The summed E-state index contributed by atoms with van der Waals surface area (Å²) in [6.07, 6.45) is 0.924. The topological polar surface area (TPSA) is 58.6 Å². The minimum Gasteiger partial charge on any atom is -0.497 e. The molecule has 0 bridgehead atoms. The summed E-state index contributed by atoms with van der Waals surface area (Å²) in [5, 5.41) is 3.78. The monoisotopic (exact) mass is 450 g/mol. The van der Waals surface area contributed by atoms with E-state index >= 15 is 0 Å². The Balaban J connectivity index is 2.27. The number of nitrogens with zero attached hydrogens (tertiary/aromatic N) is 1. The highest BCUT2D eigenvalue weighted by atomic mass is 35.5. The number of hydrogen-bond donors (Lipinski definition) is 1. The summed E-state index contributed by atoms with van der Waals surface area (Å²) in [5.41, 5.74) is 1.61. The van der Waals surface area contributed by atoms with Gasteiger partial charge in [-0.2, -0.15) is 0 Å². The molecule has 2 amide bonds. The average molecular weight is 451 g/mol. The number of halogens is 2. The normalized spacial score (nSPS) is 12.7. The second-order valence-corrected chi connectivity index (χ2v) is 8.11. The van der Waals surface area contributed by atoms with E-state index in [1.807, 2.05) is 38.1 Å². The molecular weight excluding hydrogens is 423 g/mol. The number of carbonyl (C=O) groups is 2. The lowest BCUT2D eigenvalue weighted by Crippen LogP contribution is -2.49. The van der Waals surface area contributed by atoms with E-state index in [0.29, 0.717) is 15.8 Å². The Morgan fingerprint density at radius 2 is 1.80 bits per heavy atom. The number of nitrogens with one attached hydrogen (secondary N) is 1. The molecule has 2 aromatic carbocycles. The quantitative estimate of drug-likeness (QED) is 0.592. The first-order valence-electron chi connectivity index (χ1n) is 9.91. The Hall–Kier alpha value is -2.24. The Labute approximate surface area is 188 Å². The van der Waals surface area contributed by atoms with Crippen molar-refractivity contribution in [3.8, 4) is 5.75 Å². The lowest BCUT2D eigenvalue weighted by atomic mass is 10.1. The maximum absolute atomic E-state index is 13.2. The molecule has 2 atom stereocenters. The van der Waals surface area contributed by atoms with Crippen LogP contribution in [-0.4, -0.2) is 35.9 Å². The molecule has 0 heterocycles. The highest BCUT2D eigenvalue weighted by molar-refractivity contribution is 6.42. The van der Waals surface area contributed by atoms with Gasteiger partial charge in [-0.3, -0.25) is 9.59 Å². The van der Waals surface area contributed by atoms with Crippen molar-refractivity contribution in [2.45, 2.75) is 52.2 Å². The first-order chi connectivity index (χ1) is 14.2.